The van der Waals surface area contributed by atoms with Gasteiger partial charge < -0.3 is 14.7 Å². The zero-order chi connectivity index (χ0) is 21.8. The van der Waals surface area contributed by atoms with E-state index in [1.807, 2.05) is 6.92 Å². The van der Waals surface area contributed by atoms with Crippen molar-refractivity contribution in [1.82, 2.24) is 4.90 Å². The van der Waals surface area contributed by atoms with Crippen molar-refractivity contribution in [3.05, 3.63) is 70.0 Å². The highest BCUT2D eigenvalue weighted by atomic mass is 35.5. The maximum absolute atomic E-state index is 14.7. The van der Waals surface area contributed by atoms with Crippen molar-refractivity contribution in [1.29, 1.82) is 0 Å². The first kappa shape index (κ1) is 21.8. The lowest BCUT2D eigenvalue weighted by Gasteiger charge is -2.25. The first-order valence-electron chi connectivity index (χ1n) is 9.86. The van der Waals surface area contributed by atoms with E-state index in [0.717, 1.165) is 6.42 Å². The molecule has 1 aliphatic rings. The summed E-state index contributed by atoms with van der Waals surface area (Å²) in [7, 11) is 0. The number of unbranched alkanes of at least 4 members (excludes halogenated alkanes) is 1. The minimum absolute atomic E-state index is 0.147. The minimum atomic E-state index is -1.01. The number of hydrogen-bond donors (Lipinski definition) is 1. The summed E-state index contributed by atoms with van der Waals surface area (Å²) in [6.07, 6.45) is 1.44. The van der Waals surface area contributed by atoms with E-state index in [4.69, 9.17) is 16.3 Å². The number of rotatable bonds is 7. The van der Waals surface area contributed by atoms with Crippen LogP contribution < -0.4 is 4.74 Å². The molecule has 0 radical (unpaired) electrons. The maximum Gasteiger partial charge on any atom is 0.295 e. The van der Waals surface area contributed by atoms with E-state index in [0.29, 0.717) is 23.8 Å². The van der Waals surface area contributed by atoms with Gasteiger partial charge in [0.2, 0.25) is 0 Å². The summed E-state index contributed by atoms with van der Waals surface area (Å²) < 4.78 is 20.1. The highest BCUT2D eigenvalue weighted by Crippen LogP contribution is 2.41. The average Bonchev–Trinajstić information content (AvgIpc) is 2.98. The van der Waals surface area contributed by atoms with Gasteiger partial charge in [-0.25, -0.2) is 4.39 Å². The molecule has 1 amide bonds. The molecule has 0 aliphatic carbocycles. The normalized spacial score (nSPS) is 18.1. The van der Waals surface area contributed by atoms with E-state index in [9.17, 15) is 19.1 Å². The van der Waals surface area contributed by atoms with E-state index in [-0.39, 0.29) is 23.2 Å². The number of nitrogens with zero attached hydrogens (tertiary/aromatic N) is 1. The Kier molecular flexibility index (Phi) is 6.77. The summed E-state index contributed by atoms with van der Waals surface area (Å²) in [5.41, 5.74) is 0.275. The largest absolute Gasteiger partial charge is 0.507 e. The third-order valence-electron chi connectivity index (χ3n) is 5.00. The van der Waals surface area contributed by atoms with E-state index < -0.39 is 29.3 Å². The van der Waals surface area contributed by atoms with Crippen molar-refractivity contribution in [2.45, 2.75) is 32.7 Å². The van der Waals surface area contributed by atoms with Crippen molar-refractivity contribution >= 4 is 29.1 Å². The van der Waals surface area contributed by atoms with Gasteiger partial charge in [-0.05, 0) is 37.6 Å². The minimum Gasteiger partial charge on any atom is -0.507 e. The quantitative estimate of drug-likeness (QED) is 0.376. The molecule has 0 aromatic heterocycles. The summed E-state index contributed by atoms with van der Waals surface area (Å²) in [6, 6.07) is 9.50. The summed E-state index contributed by atoms with van der Waals surface area (Å²) in [4.78, 5) is 26.9. The van der Waals surface area contributed by atoms with Gasteiger partial charge in [0.05, 0.1) is 23.2 Å². The summed E-state index contributed by atoms with van der Waals surface area (Å²) in [5, 5.41) is 11.4. The van der Waals surface area contributed by atoms with Crippen molar-refractivity contribution in [3.8, 4) is 5.75 Å². The fraction of sp³-hybridized carbons (Fsp3) is 0.304. The van der Waals surface area contributed by atoms with Crippen LogP contribution in [0, 0.1) is 5.82 Å². The van der Waals surface area contributed by atoms with Crippen LogP contribution >= 0.6 is 11.6 Å². The second kappa shape index (κ2) is 9.30. The molecule has 3 rings (SSSR count). The lowest BCUT2D eigenvalue weighted by molar-refractivity contribution is -0.139. The van der Waals surface area contributed by atoms with Gasteiger partial charge in [0.1, 0.15) is 17.3 Å². The maximum atomic E-state index is 14.7. The van der Waals surface area contributed by atoms with Crippen LogP contribution in [0.4, 0.5) is 4.39 Å². The SMILES string of the molecule is CCCCN1C(=O)C(=O)/C(=C(/O)c2ccc(Cl)c(OCC)c2)C1c1ccccc1F. The summed E-state index contributed by atoms with van der Waals surface area (Å²) >= 11 is 6.12. The lowest BCUT2D eigenvalue weighted by Crippen LogP contribution is -2.31. The molecular weight excluding hydrogens is 409 g/mol. The third kappa shape index (κ3) is 4.05. The topological polar surface area (TPSA) is 66.8 Å². The number of carbonyl (C=O) groups is 2. The van der Waals surface area contributed by atoms with Crippen LogP contribution in [0.5, 0.6) is 5.75 Å². The van der Waals surface area contributed by atoms with Crippen LogP contribution in [-0.2, 0) is 9.59 Å². The number of ketones is 1. The van der Waals surface area contributed by atoms with Crippen LogP contribution in [-0.4, -0.2) is 34.8 Å². The second-order valence-electron chi connectivity index (χ2n) is 6.95. The van der Waals surface area contributed by atoms with Crippen LogP contribution in [0.25, 0.3) is 5.76 Å². The van der Waals surface area contributed by atoms with Gasteiger partial charge in [0.15, 0.2) is 0 Å². The molecule has 30 heavy (non-hydrogen) atoms. The van der Waals surface area contributed by atoms with Gasteiger partial charge in [-0.1, -0.05) is 43.1 Å². The van der Waals surface area contributed by atoms with Gasteiger partial charge in [0, 0.05) is 17.7 Å². The van der Waals surface area contributed by atoms with Gasteiger partial charge in [0.25, 0.3) is 11.7 Å². The molecule has 5 nitrogen and oxygen atoms in total. The Balaban J connectivity index is 2.19. The van der Waals surface area contributed by atoms with Crippen LogP contribution in [0.3, 0.4) is 0 Å². The molecule has 1 unspecified atom stereocenters. The Hall–Kier alpha value is -2.86. The smallest absolute Gasteiger partial charge is 0.295 e. The molecule has 1 aliphatic heterocycles. The summed E-state index contributed by atoms with van der Waals surface area (Å²) in [6.45, 7) is 4.39. The Labute approximate surface area is 179 Å². The number of benzene rings is 2. The van der Waals surface area contributed by atoms with Crippen molar-refractivity contribution in [2.75, 3.05) is 13.2 Å². The highest BCUT2D eigenvalue weighted by molar-refractivity contribution is 6.46. The number of carbonyl (C=O) groups excluding carboxylic acids is 2. The fourth-order valence-corrected chi connectivity index (χ4v) is 3.70. The second-order valence-corrected chi connectivity index (χ2v) is 7.35. The zero-order valence-corrected chi connectivity index (χ0v) is 17.6. The Bertz CT molecular complexity index is 1000. The van der Waals surface area contributed by atoms with E-state index in [1.54, 1.807) is 13.0 Å². The van der Waals surface area contributed by atoms with Gasteiger partial charge in [-0.15, -0.1) is 0 Å². The molecule has 7 heteroatoms. The van der Waals surface area contributed by atoms with Gasteiger partial charge >= 0.3 is 0 Å². The Morgan fingerprint density at radius 2 is 1.93 bits per heavy atom. The van der Waals surface area contributed by atoms with Crippen molar-refractivity contribution < 1.29 is 23.8 Å². The van der Waals surface area contributed by atoms with Gasteiger partial charge in [-0.2, -0.15) is 0 Å². The number of aliphatic hydroxyl groups is 1. The molecule has 0 spiro atoms. The monoisotopic (exact) mass is 431 g/mol. The van der Waals surface area contributed by atoms with E-state index >= 15 is 0 Å². The lowest BCUT2D eigenvalue weighted by atomic mass is 9.94. The van der Waals surface area contributed by atoms with Crippen LogP contribution in [0.2, 0.25) is 5.02 Å². The molecule has 1 heterocycles. The predicted octanol–water partition coefficient (Wildman–Crippen LogP) is 5.10. The number of amides is 1. The number of aliphatic hydroxyl groups excluding tert-OH is 1. The zero-order valence-electron chi connectivity index (χ0n) is 16.8. The molecule has 2 aromatic rings. The Morgan fingerprint density at radius 1 is 1.20 bits per heavy atom. The molecule has 1 N–H and O–H groups in total. The molecule has 0 bridgehead atoms. The van der Waals surface area contributed by atoms with E-state index in [2.05, 4.69) is 0 Å². The first-order chi connectivity index (χ1) is 14.4. The van der Waals surface area contributed by atoms with Crippen LogP contribution in [0.1, 0.15) is 43.9 Å². The number of ether oxygens (including phenoxy) is 1. The number of halogens is 2. The number of likely N-dealkylation sites (tertiary alicyclic amines) is 1. The fourth-order valence-electron chi connectivity index (χ4n) is 3.53. The highest BCUT2D eigenvalue weighted by Gasteiger charge is 2.46. The molecule has 158 valence electrons. The molecule has 1 saturated heterocycles. The number of Topliss-reactive ketones (excluding diaryl/α,β-unsaturated/α-hetero) is 1. The van der Waals surface area contributed by atoms with Crippen molar-refractivity contribution in [3.63, 3.8) is 0 Å². The third-order valence-corrected chi connectivity index (χ3v) is 5.31. The van der Waals surface area contributed by atoms with Crippen molar-refractivity contribution in [2.24, 2.45) is 0 Å². The Morgan fingerprint density at radius 3 is 2.60 bits per heavy atom. The predicted molar refractivity (Wildman–Crippen MR) is 113 cm³/mol. The van der Waals surface area contributed by atoms with Gasteiger partial charge in [-0.3, -0.25) is 9.59 Å². The molecule has 1 fully saturated rings. The summed E-state index contributed by atoms with van der Waals surface area (Å²) in [5.74, 6) is -2.20. The standard InChI is InChI=1S/C23H23ClFNO4/c1-3-5-12-26-20(15-8-6-7-9-17(15)25)19(22(28)23(26)29)21(27)14-10-11-16(24)18(13-14)30-4-2/h6-11,13,20,27H,3-5,12H2,1-2H3/b21-19+. The molecule has 1 atom stereocenters. The molecule has 2 aromatic carbocycles. The number of hydrogen-bond acceptors (Lipinski definition) is 4. The molecule has 0 saturated carbocycles. The first-order valence-corrected chi connectivity index (χ1v) is 10.2. The van der Waals surface area contributed by atoms with Crippen LogP contribution in [0.15, 0.2) is 48.0 Å². The van der Waals surface area contributed by atoms with E-state index in [1.165, 1.54) is 41.3 Å². The molecular formula is C23H23ClFNO4. The average molecular weight is 432 g/mol.